The lowest BCUT2D eigenvalue weighted by Gasteiger charge is -2.12. The molecule has 84 valence electrons. The average molecular weight is 216 g/mol. The Labute approximate surface area is 95.5 Å². The standard InChI is InChI=1S/C14H16O2/c1-3-11-6-4-5-7-12(11)14(15)13-9-8-10(2)16-13/h4-9,14-15H,3H2,1-2H3/t14-/m0/s1. The monoisotopic (exact) mass is 216 g/mol. The third-order valence-electron chi connectivity index (χ3n) is 2.76. The summed E-state index contributed by atoms with van der Waals surface area (Å²) in [5.41, 5.74) is 2.09. The van der Waals surface area contributed by atoms with Gasteiger partial charge in [-0.1, -0.05) is 31.2 Å². The highest BCUT2D eigenvalue weighted by molar-refractivity contribution is 5.33. The fraction of sp³-hybridized carbons (Fsp3) is 0.286. The number of hydrogen-bond donors (Lipinski definition) is 1. The van der Waals surface area contributed by atoms with Crippen LogP contribution in [0, 0.1) is 6.92 Å². The largest absolute Gasteiger partial charge is 0.463 e. The van der Waals surface area contributed by atoms with Crippen LogP contribution in [0.2, 0.25) is 0 Å². The van der Waals surface area contributed by atoms with Crippen LogP contribution < -0.4 is 0 Å². The van der Waals surface area contributed by atoms with Gasteiger partial charge in [0.2, 0.25) is 0 Å². The Morgan fingerprint density at radius 1 is 1.19 bits per heavy atom. The molecule has 1 heterocycles. The van der Waals surface area contributed by atoms with Crippen molar-refractivity contribution in [3.63, 3.8) is 0 Å². The lowest BCUT2D eigenvalue weighted by atomic mass is 9.99. The van der Waals surface area contributed by atoms with E-state index in [9.17, 15) is 5.11 Å². The Morgan fingerprint density at radius 3 is 2.56 bits per heavy atom. The molecule has 2 nitrogen and oxygen atoms in total. The van der Waals surface area contributed by atoms with E-state index in [1.807, 2.05) is 43.3 Å². The molecule has 0 aliphatic carbocycles. The van der Waals surface area contributed by atoms with Crippen molar-refractivity contribution in [1.29, 1.82) is 0 Å². The molecule has 1 atom stereocenters. The number of aliphatic hydroxyl groups is 1. The van der Waals surface area contributed by atoms with Crippen LogP contribution in [0.25, 0.3) is 0 Å². The smallest absolute Gasteiger partial charge is 0.137 e. The van der Waals surface area contributed by atoms with E-state index in [1.165, 1.54) is 0 Å². The lowest BCUT2D eigenvalue weighted by Crippen LogP contribution is -2.02. The Hall–Kier alpha value is -1.54. The van der Waals surface area contributed by atoms with Crippen molar-refractivity contribution >= 4 is 0 Å². The predicted octanol–water partition coefficient (Wildman–Crippen LogP) is 3.23. The van der Waals surface area contributed by atoms with Crippen LogP contribution in [-0.4, -0.2) is 5.11 Å². The highest BCUT2D eigenvalue weighted by atomic mass is 16.4. The normalized spacial score (nSPS) is 12.7. The molecule has 0 bridgehead atoms. The second kappa shape index (κ2) is 4.54. The molecule has 1 N–H and O–H groups in total. The Balaban J connectivity index is 2.36. The second-order valence-electron chi connectivity index (χ2n) is 3.90. The van der Waals surface area contributed by atoms with Gasteiger partial charge in [-0.15, -0.1) is 0 Å². The van der Waals surface area contributed by atoms with Crippen LogP contribution in [0.1, 0.15) is 35.7 Å². The summed E-state index contributed by atoms with van der Waals surface area (Å²) in [6.07, 6.45) is 0.247. The molecular formula is C14H16O2. The second-order valence-corrected chi connectivity index (χ2v) is 3.90. The minimum atomic E-state index is -0.662. The fourth-order valence-corrected chi connectivity index (χ4v) is 1.88. The highest BCUT2D eigenvalue weighted by Crippen LogP contribution is 2.26. The lowest BCUT2D eigenvalue weighted by molar-refractivity contribution is 0.186. The maximum absolute atomic E-state index is 10.2. The molecule has 0 aliphatic rings. The molecule has 1 aromatic heterocycles. The third-order valence-corrected chi connectivity index (χ3v) is 2.76. The van der Waals surface area contributed by atoms with Crippen molar-refractivity contribution in [2.45, 2.75) is 26.4 Å². The van der Waals surface area contributed by atoms with Gasteiger partial charge in [0, 0.05) is 0 Å². The van der Waals surface area contributed by atoms with Crippen LogP contribution >= 0.6 is 0 Å². The van der Waals surface area contributed by atoms with Crippen LogP contribution in [0.15, 0.2) is 40.8 Å². The number of aliphatic hydroxyl groups excluding tert-OH is 1. The fourth-order valence-electron chi connectivity index (χ4n) is 1.88. The summed E-state index contributed by atoms with van der Waals surface area (Å²) in [5, 5.41) is 10.2. The van der Waals surface area contributed by atoms with Crippen LogP contribution in [0.4, 0.5) is 0 Å². The summed E-state index contributed by atoms with van der Waals surface area (Å²) in [5.74, 6) is 1.43. The van der Waals surface area contributed by atoms with Crippen molar-refractivity contribution in [3.05, 3.63) is 59.0 Å². The van der Waals surface area contributed by atoms with E-state index in [0.717, 1.165) is 23.3 Å². The van der Waals surface area contributed by atoms with Gasteiger partial charge >= 0.3 is 0 Å². The van der Waals surface area contributed by atoms with Crippen molar-refractivity contribution in [2.24, 2.45) is 0 Å². The third kappa shape index (κ3) is 2.02. The van der Waals surface area contributed by atoms with Gasteiger partial charge in [0.05, 0.1) is 0 Å². The van der Waals surface area contributed by atoms with Gasteiger partial charge in [0.25, 0.3) is 0 Å². The Bertz CT molecular complexity index is 471. The number of furan rings is 1. The zero-order valence-electron chi connectivity index (χ0n) is 9.60. The molecular weight excluding hydrogens is 200 g/mol. The van der Waals surface area contributed by atoms with E-state index in [0.29, 0.717) is 5.76 Å². The van der Waals surface area contributed by atoms with Crippen molar-refractivity contribution in [1.82, 2.24) is 0 Å². The summed E-state index contributed by atoms with van der Waals surface area (Å²) in [6.45, 7) is 3.96. The van der Waals surface area contributed by atoms with Crippen molar-refractivity contribution < 1.29 is 9.52 Å². The zero-order valence-corrected chi connectivity index (χ0v) is 9.60. The first kappa shape index (κ1) is 11.0. The number of aryl methyl sites for hydroxylation is 2. The summed E-state index contributed by atoms with van der Waals surface area (Å²) in [4.78, 5) is 0. The van der Waals surface area contributed by atoms with E-state index in [4.69, 9.17) is 4.42 Å². The predicted molar refractivity (Wildman–Crippen MR) is 63.3 cm³/mol. The molecule has 0 amide bonds. The van der Waals surface area contributed by atoms with Gasteiger partial charge < -0.3 is 9.52 Å². The van der Waals surface area contributed by atoms with Gasteiger partial charge in [-0.3, -0.25) is 0 Å². The molecule has 0 aliphatic heterocycles. The van der Waals surface area contributed by atoms with E-state index in [1.54, 1.807) is 0 Å². The first-order valence-electron chi connectivity index (χ1n) is 5.54. The summed E-state index contributed by atoms with van der Waals surface area (Å²) >= 11 is 0. The zero-order chi connectivity index (χ0) is 11.5. The maximum Gasteiger partial charge on any atom is 0.137 e. The first-order valence-corrected chi connectivity index (χ1v) is 5.54. The average Bonchev–Trinajstić information content (AvgIpc) is 2.75. The summed E-state index contributed by atoms with van der Waals surface area (Å²) < 4.78 is 5.45. The summed E-state index contributed by atoms with van der Waals surface area (Å²) in [6, 6.07) is 11.6. The molecule has 16 heavy (non-hydrogen) atoms. The molecule has 0 unspecified atom stereocenters. The molecule has 0 radical (unpaired) electrons. The molecule has 2 heteroatoms. The van der Waals surface area contributed by atoms with Crippen molar-refractivity contribution in [3.8, 4) is 0 Å². The molecule has 0 saturated heterocycles. The Morgan fingerprint density at radius 2 is 1.94 bits per heavy atom. The van der Waals surface area contributed by atoms with E-state index in [-0.39, 0.29) is 0 Å². The van der Waals surface area contributed by atoms with Gasteiger partial charge in [0.15, 0.2) is 0 Å². The van der Waals surface area contributed by atoms with Crippen LogP contribution in [-0.2, 0) is 6.42 Å². The maximum atomic E-state index is 10.2. The SMILES string of the molecule is CCc1ccccc1[C@H](O)c1ccc(C)o1. The van der Waals surface area contributed by atoms with Crippen molar-refractivity contribution in [2.75, 3.05) is 0 Å². The van der Waals surface area contributed by atoms with Gasteiger partial charge in [-0.05, 0) is 36.6 Å². The first-order chi connectivity index (χ1) is 7.72. The van der Waals surface area contributed by atoms with Gasteiger partial charge in [-0.2, -0.15) is 0 Å². The molecule has 0 saturated carbocycles. The molecule has 2 aromatic rings. The van der Waals surface area contributed by atoms with Crippen LogP contribution in [0.5, 0.6) is 0 Å². The summed E-state index contributed by atoms with van der Waals surface area (Å²) in [7, 11) is 0. The molecule has 1 aromatic carbocycles. The van der Waals surface area contributed by atoms with E-state index >= 15 is 0 Å². The topological polar surface area (TPSA) is 33.4 Å². The van der Waals surface area contributed by atoms with Crippen LogP contribution in [0.3, 0.4) is 0 Å². The molecule has 0 spiro atoms. The quantitative estimate of drug-likeness (QED) is 0.854. The Kier molecular flexibility index (Phi) is 3.11. The minimum Gasteiger partial charge on any atom is -0.463 e. The van der Waals surface area contributed by atoms with Gasteiger partial charge in [0.1, 0.15) is 17.6 Å². The minimum absolute atomic E-state index is 0.610. The number of rotatable bonds is 3. The highest BCUT2D eigenvalue weighted by Gasteiger charge is 2.16. The van der Waals surface area contributed by atoms with E-state index in [2.05, 4.69) is 6.92 Å². The number of benzene rings is 1. The molecule has 0 fully saturated rings. The molecule has 2 rings (SSSR count). The van der Waals surface area contributed by atoms with E-state index < -0.39 is 6.10 Å². The van der Waals surface area contributed by atoms with Gasteiger partial charge in [-0.25, -0.2) is 0 Å². The number of hydrogen-bond acceptors (Lipinski definition) is 2.